The number of hydrogen-bond acceptors (Lipinski definition) is 2. The molecule has 0 saturated carbocycles. The third kappa shape index (κ3) is 3.38. The predicted molar refractivity (Wildman–Crippen MR) is 67.0 cm³/mol. The van der Waals surface area contributed by atoms with Crippen molar-refractivity contribution in [3.8, 4) is 0 Å². The summed E-state index contributed by atoms with van der Waals surface area (Å²) >= 11 is 0. The molecule has 20 heavy (non-hydrogen) atoms. The number of esters is 1. The van der Waals surface area contributed by atoms with Crippen LogP contribution in [0.15, 0.2) is 54.6 Å². The van der Waals surface area contributed by atoms with Crippen LogP contribution in [-0.2, 0) is 17.5 Å². The predicted octanol–water partition coefficient (Wildman–Crippen LogP) is 4.06. The fourth-order valence-electron chi connectivity index (χ4n) is 1.72. The Kier molecular flexibility index (Phi) is 4.08. The molecule has 0 spiro atoms. The molecule has 2 aromatic carbocycles. The van der Waals surface area contributed by atoms with E-state index in [1.807, 2.05) is 0 Å². The molecule has 0 aromatic heterocycles. The Morgan fingerprint density at radius 2 is 1.55 bits per heavy atom. The topological polar surface area (TPSA) is 26.3 Å². The van der Waals surface area contributed by atoms with Crippen molar-refractivity contribution in [1.29, 1.82) is 0 Å². The largest absolute Gasteiger partial charge is 0.457 e. The summed E-state index contributed by atoms with van der Waals surface area (Å²) in [6.07, 6.45) is -4.46. The van der Waals surface area contributed by atoms with Crippen LogP contribution in [0.4, 0.5) is 13.2 Å². The fraction of sp³-hybridized carbons (Fsp3) is 0.133. The van der Waals surface area contributed by atoms with E-state index in [9.17, 15) is 18.0 Å². The highest BCUT2D eigenvalue weighted by molar-refractivity contribution is 5.89. The van der Waals surface area contributed by atoms with Gasteiger partial charge in [-0.2, -0.15) is 13.2 Å². The summed E-state index contributed by atoms with van der Waals surface area (Å²) in [5, 5.41) is 0. The standard InChI is InChI=1S/C15H11F3O2/c16-15(17,18)13-9-5-4-8-12(13)10-20-14(19)11-6-2-1-3-7-11/h1-9H,10H2. The maximum Gasteiger partial charge on any atom is 0.416 e. The second-order valence-corrected chi connectivity index (χ2v) is 4.10. The van der Waals surface area contributed by atoms with E-state index in [4.69, 9.17) is 4.74 Å². The van der Waals surface area contributed by atoms with Crippen LogP contribution >= 0.6 is 0 Å². The lowest BCUT2D eigenvalue weighted by atomic mass is 10.1. The lowest BCUT2D eigenvalue weighted by molar-refractivity contribution is -0.138. The summed E-state index contributed by atoms with van der Waals surface area (Å²) < 4.78 is 43.2. The first-order chi connectivity index (χ1) is 9.48. The van der Waals surface area contributed by atoms with Crippen molar-refractivity contribution >= 4 is 5.97 Å². The third-order valence-corrected chi connectivity index (χ3v) is 2.69. The van der Waals surface area contributed by atoms with Gasteiger partial charge in [0.05, 0.1) is 11.1 Å². The van der Waals surface area contributed by atoms with E-state index in [1.54, 1.807) is 18.2 Å². The van der Waals surface area contributed by atoms with Crippen molar-refractivity contribution < 1.29 is 22.7 Å². The van der Waals surface area contributed by atoms with Crippen molar-refractivity contribution in [3.63, 3.8) is 0 Å². The number of hydrogen-bond donors (Lipinski definition) is 0. The summed E-state index contributed by atoms with van der Waals surface area (Å²) in [4.78, 5) is 11.7. The molecule has 0 heterocycles. The zero-order valence-electron chi connectivity index (χ0n) is 10.4. The highest BCUT2D eigenvalue weighted by Crippen LogP contribution is 2.32. The first-order valence-corrected chi connectivity index (χ1v) is 5.86. The normalized spacial score (nSPS) is 11.2. The molecule has 0 aliphatic rings. The zero-order chi connectivity index (χ0) is 14.6. The van der Waals surface area contributed by atoms with E-state index in [1.165, 1.54) is 30.3 Å². The van der Waals surface area contributed by atoms with E-state index in [0.717, 1.165) is 6.07 Å². The van der Waals surface area contributed by atoms with E-state index in [-0.39, 0.29) is 5.56 Å². The van der Waals surface area contributed by atoms with Gasteiger partial charge in [0.1, 0.15) is 6.61 Å². The zero-order valence-corrected chi connectivity index (χ0v) is 10.4. The number of carbonyl (C=O) groups excluding carboxylic acids is 1. The number of carbonyl (C=O) groups is 1. The molecule has 0 aliphatic carbocycles. The van der Waals surface area contributed by atoms with Crippen molar-refractivity contribution in [3.05, 3.63) is 71.3 Å². The average molecular weight is 280 g/mol. The van der Waals surface area contributed by atoms with E-state index in [0.29, 0.717) is 5.56 Å². The molecule has 5 heteroatoms. The van der Waals surface area contributed by atoms with Crippen molar-refractivity contribution in [2.75, 3.05) is 0 Å². The third-order valence-electron chi connectivity index (χ3n) is 2.69. The molecule has 0 atom stereocenters. The van der Waals surface area contributed by atoms with E-state index >= 15 is 0 Å². The summed E-state index contributed by atoms with van der Waals surface area (Å²) in [7, 11) is 0. The summed E-state index contributed by atoms with van der Waals surface area (Å²) in [5.41, 5.74) is -0.554. The molecule has 2 nitrogen and oxygen atoms in total. The SMILES string of the molecule is O=C(OCc1ccccc1C(F)(F)F)c1ccccc1. The maximum atomic E-state index is 12.8. The number of alkyl halides is 3. The molecular weight excluding hydrogens is 269 g/mol. The molecule has 0 radical (unpaired) electrons. The van der Waals surface area contributed by atoms with Gasteiger partial charge >= 0.3 is 12.1 Å². The monoisotopic (exact) mass is 280 g/mol. The quantitative estimate of drug-likeness (QED) is 0.792. The van der Waals surface area contributed by atoms with Crippen LogP contribution in [0.5, 0.6) is 0 Å². The second-order valence-electron chi connectivity index (χ2n) is 4.10. The molecule has 0 saturated heterocycles. The van der Waals surface area contributed by atoms with Crippen LogP contribution in [0.25, 0.3) is 0 Å². The lowest BCUT2D eigenvalue weighted by Crippen LogP contribution is -2.12. The Balaban J connectivity index is 2.11. The van der Waals surface area contributed by atoms with Crippen LogP contribution in [0.1, 0.15) is 21.5 Å². The summed E-state index contributed by atoms with van der Waals surface area (Å²) in [6, 6.07) is 13.1. The minimum absolute atomic E-state index is 0.0655. The smallest absolute Gasteiger partial charge is 0.416 e. The van der Waals surface area contributed by atoms with Crippen molar-refractivity contribution in [2.24, 2.45) is 0 Å². The van der Waals surface area contributed by atoms with Crippen molar-refractivity contribution in [2.45, 2.75) is 12.8 Å². The number of benzene rings is 2. The van der Waals surface area contributed by atoms with Crippen LogP contribution in [-0.4, -0.2) is 5.97 Å². The van der Waals surface area contributed by atoms with Gasteiger partial charge in [0.15, 0.2) is 0 Å². The van der Waals surface area contributed by atoms with Gasteiger partial charge in [-0.3, -0.25) is 0 Å². The van der Waals surface area contributed by atoms with Gasteiger partial charge in [-0.05, 0) is 18.2 Å². The van der Waals surface area contributed by atoms with Gasteiger partial charge in [0.2, 0.25) is 0 Å². The minimum atomic E-state index is -4.46. The summed E-state index contributed by atoms with van der Waals surface area (Å²) in [5.74, 6) is -0.650. The minimum Gasteiger partial charge on any atom is -0.457 e. The molecule has 104 valence electrons. The van der Waals surface area contributed by atoms with Gasteiger partial charge in [0, 0.05) is 5.56 Å². The molecule has 0 aliphatic heterocycles. The highest BCUT2D eigenvalue weighted by atomic mass is 19.4. The Morgan fingerprint density at radius 3 is 2.20 bits per heavy atom. The maximum absolute atomic E-state index is 12.8. The van der Waals surface area contributed by atoms with Crippen LogP contribution in [0, 0.1) is 0 Å². The number of ether oxygens (including phenoxy) is 1. The van der Waals surface area contributed by atoms with Crippen LogP contribution < -0.4 is 0 Å². The molecule has 0 N–H and O–H groups in total. The molecule has 2 aromatic rings. The lowest BCUT2D eigenvalue weighted by Gasteiger charge is -2.12. The van der Waals surface area contributed by atoms with Crippen LogP contribution in [0.2, 0.25) is 0 Å². The summed E-state index contributed by atoms with van der Waals surface area (Å²) in [6.45, 7) is -0.413. The first kappa shape index (κ1) is 14.1. The first-order valence-electron chi connectivity index (χ1n) is 5.86. The second kappa shape index (κ2) is 5.77. The molecule has 0 unspecified atom stereocenters. The van der Waals surface area contributed by atoms with Gasteiger partial charge in [-0.15, -0.1) is 0 Å². The van der Waals surface area contributed by atoms with Gasteiger partial charge in [0.25, 0.3) is 0 Å². The molecule has 0 bridgehead atoms. The van der Waals surface area contributed by atoms with Crippen LogP contribution in [0.3, 0.4) is 0 Å². The Morgan fingerprint density at radius 1 is 0.950 bits per heavy atom. The van der Waals surface area contributed by atoms with E-state index in [2.05, 4.69) is 0 Å². The number of rotatable bonds is 3. The Labute approximate surface area is 113 Å². The van der Waals surface area contributed by atoms with Gasteiger partial charge in [-0.1, -0.05) is 36.4 Å². The van der Waals surface area contributed by atoms with Gasteiger partial charge < -0.3 is 4.74 Å². The van der Waals surface area contributed by atoms with Crippen molar-refractivity contribution in [1.82, 2.24) is 0 Å². The Hall–Kier alpha value is -2.30. The van der Waals surface area contributed by atoms with E-state index < -0.39 is 24.3 Å². The average Bonchev–Trinajstić information content (AvgIpc) is 2.45. The molecular formula is C15H11F3O2. The molecule has 0 amide bonds. The fourth-order valence-corrected chi connectivity index (χ4v) is 1.72. The highest BCUT2D eigenvalue weighted by Gasteiger charge is 2.33. The Bertz CT molecular complexity index is 592. The number of halogens is 3. The van der Waals surface area contributed by atoms with Gasteiger partial charge in [-0.25, -0.2) is 4.79 Å². The molecule has 0 fully saturated rings. The molecule has 2 rings (SSSR count).